The molecule has 0 N–H and O–H groups in total. The van der Waals surface area contributed by atoms with Gasteiger partial charge in [0.1, 0.15) is 0 Å². The number of allylic oxidation sites excluding steroid dienone is 3. The maximum Gasteiger partial charge on any atom is 0.0629 e. The molecule has 7 aromatic rings. The Morgan fingerprint density at radius 3 is 2.27 bits per heavy atom. The van der Waals surface area contributed by atoms with Gasteiger partial charge in [-0.25, -0.2) is 0 Å². The van der Waals surface area contributed by atoms with Gasteiger partial charge in [-0.2, -0.15) is 0 Å². The molecule has 5 unspecified atom stereocenters. The van der Waals surface area contributed by atoms with E-state index < -0.39 is 0 Å². The number of fused-ring (bicyclic) bond motifs is 9. The Hall–Kier alpha value is -5.51. The molecule has 5 atom stereocenters. The number of anilines is 2. The average molecular weight is 673 g/mol. The fraction of sp³-hybridized carbons (Fsp3) is 0.125. The topological polar surface area (TPSA) is 8.17 Å². The number of nitrogens with zero attached hydrogens (tertiary/aromatic N) is 2. The van der Waals surface area contributed by atoms with Gasteiger partial charge in [-0.3, -0.25) is 0 Å². The molecule has 3 heteroatoms. The predicted molar refractivity (Wildman–Crippen MR) is 215 cm³/mol. The van der Waals surface area contributed by atoms with Gasteiger partial charge in [0, 0.05) is 55.2 Å². The standard InChI is InChI=1S/C48H36N2S/c1-2-13-32(14-3-1)49-43-22-10-7-19-39(43)48-38(20-12-23-45(48)49)35-16-5-4-15-34(35)31-25-27-44-40(29-31)36-17-6-9-21-42(36)50(44)33-26-28-47-41(30-33)37-18-8-11-24-46(37)51-47/h1-29,33,39,41,43,47H,30H2. The third kappa shape index (κ3) is 4.44. The van der Waals surface area contributed by atoms with E-state index in [9.17, 15) is 0 Å². The van der Waals surface area contributed by atoms with E-state index in [4.69, 9.17) is 0 Å². The molecule has 2 aliphatic carbocycles. The molecule has 2 nitrogen and oxygen atoms in total. The molecular formula is C48H36N2S. The summed E-state index contributed by atoms with van der Waals surface area (Å²) in [4.78, 5) is 3.98. The predicted octanol–water partition coefficient (Wildman–Crippen LogP) is 12.6. The van der Waals surface area contributed by atoms with Crippen molar-refractivity contribution in [2.24, 2.45) is 0 Å². The van der Waals surface area contributed by atoms with Gasteiger partial charge in [-0.05, 0) is 82.3 Å². The number of benzene rings is 6. The lowest BCUT2D eigenvalue weighted by Crippen LogP contribution is -2.28. The molecule has 1 aromatic heterocycles. The van der Waals surface area contributed by atoms with Gasteiger partial charge in [0.05, 0.1) is 12.1 Å². The van der Waals surface area contributed by atoms with Gasteiger partial charge >= 0.3 is 0 Å². The zero-order valence-electron chi connectivity index (χ0n) is 28.1. The molecule has 6 aromatic carbocycles. The largest absolute Gasteiger partial charge is 0.333 e. The van der Waals surface area contributed by atoms with Crippen LogP contribution in [0.5, 0.6) is 0 Å². The number of aromatic nitrogens is 1. The summed E-state index contributed by atoms with van der Waals surface area (Å²) >= 11 is 2.03. The summed E-state index contributed by atoms with van der Waals surface area (Å²) in [5.41, 5.74) is 13.2. The zero-order valence-corrected chi connectivity index (χ0v) is 29.0. The maximum absolute atomic E-state index is 2.62. The highest BCUT2D eigenvalue weighted by atomic mass is 32.2. The van der Waals surface area contributed by atoms with Crippen molar-refractivity contribution < 1.29 is 0 Å². The molecule has 0 saturated heterocycles. The molecule has 0 radical (unpaired) electrons. The van der Waals surface area contributed by atoms with Gasteiger partial charge in [0.2, 0.25) is 0 Å². The second kappa shape index (κ2) is 11.5. The van der Waals surface area contributed by atoms with Crippen LogP contribution in [0, 0.1) is 0 Å². The normalized spacial score (nSPS) is 22.7. The van der Waals surface area contributed by atoms with E-state index in [2.05, 4.69) is 185 Å². The van der Waals surface area contributed by atoms with Gasteiger partial charge in [0.15, 0.2) is 0 Å². The van der Waals surface area contributed by atoms with Crippen LogP contribution in [-0.4, -0.2) is 15.9 Å². The van der Waals surface area contributed by atoms with Gasteiger partial charge < -0.3 is 9.47 Å². The summed E-state index contributed by atoms with van der Waals surface area (Å²) in [5.74, 6) is 0.825. The Balaban J connectivity index is 1.04. The van der Waals surface area contributed by atoms with Gasteiger partial charge in [-0.15, -0.1) is 11.8 Å². The molecular weight excluding hydrogens is 637 g/mol. The lowest BCUT2D eigenvalue weighted by Gasteiger charge is -2.29. The number of para-hydroxylation sites is 2. The first kappa shape index (κ1) is 29.2. The second-order valence-corrected chi connectivity index (χ2v) is 15.5. The summed E-state index contributed by atoms with van der Waals surface area (Å²) in [6, 6.07) is 52.6. The Kier molecular flexibility index (Phi) is 6.60. The van der Waals surface area contributed by atoms with Crippen molar-refractivity contribution in [1.29, 1.82) is 0 Å². The number of thioether (sulfide) groups is 1. The Morgan fingerprint density at radius 1 is 0.569 bits per heavy atom. The second-order valence-electron chi connectivity index (χ2n) is 14.3. The van der Waals surface area contributed by atoms with Crippen molar-refractivity contribution in [2.75, 3.05) is 4.90 Å². The zero-order chi connectivity index (χ0) is 33.5. The fourth-order valence-electron chi connectivity index (χ4n) is 9.52. The highest BCUT2D eigenvalue weighted by molar-refractivity contribution is 8.00. The Bertz CT molecular complexity index is 2590. The third-order valence-corrected chi connectivity index (χ3v) is 13.1. The quantitative estimate of drug-likeness (QED) is 0.172. The monoisotopic (exact) mass is 672 g/mol. The summed E-state index contributed by atoms with van der Waals surface area (Å²) in [7, 11) is 0. The summed E-state index contributed by atoms with van der Waals surface area (Å²) in [5, 5.41) is 3.18. The molecule has 0 spiro atoms. The maximum atomic E-state index is 2.62. The van der Waals surface area contributed by atoms with Crippen LogP contribution in [-0.2, 0) is 0 Å². The first-order chi connectivity index (χ1) is 25.3. The summed E-state index contributed by atoms with van der Waals surface area (Å²) < 4.78 is 2.62. The Morgan fingerprint density at radius 2 is 1.33 bits per heavy atom. The van der Waals surface area contributed by atoms with E-state index in [1.807, 2.05) is 11.8 Å². The van der Waals surface area contributed by atoms with E-state index in [-0.39, 0.29) is 12.0 Å². The molecule has 3 heterocycles. The van der Waals surface area contributed by atoms with Crippen LogP contribution < -0.4 is 4.90 Å². The highest BCUT2D eigenvalue weighted by Crippen LogP contribution is 2.54. The first-order valence-corrected chi connectivity index (χ1v) is 19.1. The SMILES string of the molecule is C1=CC2c3c(-c4ccccc4-c4ccc5c(c4)c4ccccc4n5C4C=CC5Sc6ccccc6C5C4)cccc3N(c3ccccc3)C2C=C1. The first-order valence-electron chi connectivity index (χ1n) is 18.2. The molecule has 51 heavy (non-hydrogen) atoms. The molecule has 0 saturated carbocycles. The minimum absolute atomic E-state index is 0.253. The van der Waals surface area contributed by atoms with E-state index in [0.717, 1.165) is 6.42 Å². The molecule has 2 aliphatic heterocycles. The van der Waals surface area contributed by atoms with Crippen molar-refractivity contribution in [2.45, 2.75) is 40.5 Å². The van der Waals surface area contributed by atoms with Crippen molar-refractivity contribution in [3.05, 3.63) is 187 Å². The van der Waals surface area contributed by atoms with Crippen LogP contribution in [0.2, 0.25) is 0 Å². The number of hydrogen-bond acceptors (Lipinski definition) is 2. The molecule has 4 aliphatic rings. The van der Waals surface area contributed by atoms with Crippen LogP contribution in [0.1, 0.15) is 35.4 Å². The fourth-order valence-corrected chi connectivity index (χ4v) is 10.9. The van der Waals surface area contributed by atoms with E-state index in [1.165, 1.54) is 71.5 Å². The summed E-state index contributed by atoms with van der Waals surface area (Å²) in [6.45, 7) is 0. The van der Waals surface area contributed by atoms with Crippen LogP contribution in [0.3, 0.4) is 0 Å². The minimum atomic E-state index is 0.253. The van der Waals surface area contributed by atoms with Crippen LogP contribution >= 0.6 is 11.8 Å². The van der Waals surface area contributed by atoms with Crippen LogP contribution in [0.4, 0.5) is 11.4 Å². The molecule has 0 fully saturated rings. The highest BCUT2D eigenvalue weighted by Gasteiger charge is 2.40. The van der Waals surface area contributed by atoms with Crippen molar-refractivity contribution in [3.8, 4) is 22.3 Å². The lowest BCUT2D eigenvalue weighted by molar-refractivity contribution is 0.496. The average Bonchev–Trinajstić information content (AvgIpc) is 3.85. The van der Waals surface area contributed by atoms with Crippen molar-refractivity contribution in [3.63, 3.8) is 0 Å². The third-order valence-electron chi connectivity index (χ3n) is 11.7. The van der Waals surface area contributed by atoms with E-state index >= 15 is 0 Å². The smallest absolute Gasteiger partial charge is 0.0629 e. The van der Waals surface area contributed by atoms with Crippen LogP contribution in [0.25, 0.3) is 44.1 Å². The van der Waals surface area contributed by atoms with Crippen molar-refractivity contribution >= 4 is 44.9 Å². The molecule has 0 bridgehead atoms. The molecule has 244 valence electrons. The number of hydrogen-bond donors (Lipinski definition) is 0. The number of rotatable bonds is 4. The van der Waals surface area contributed by atoms with Gasteiger partial charge in [-0.1, -0.05) is 134 Å². The molecule has 0 amide bonds. The van der Waals surface area contributed by atoms with Crippen molar-refractivity contribution in [1.82, 2.24) is 4.57 Å². The van der Waals surface area contributed by atoms with Crippen LogP contribution in [0.15, 0.2) is 181 Å². The molecule has 11 rings (SSSR count). The lowest BCUT2D eigenvalue weighted by atomic mass is 9.84. The minimum Gasteiger partial charge on any atom is -0.333 e. The van der Waals surface area contributed by atoms with E-state index in [0.29, 0.717) is 17.2 Å². The van der Waals surface area contributed by atoms with E-state index in [1.54, 1.807) is 0 Å². The Labute approximate surface area is 303 Å². The summed E-state index contributed by atoms with van der Waals surface area (Å²) in [6.07, 6.45) is 15.3. The van der Waals surface area contributed by atoms with Gasteiger partial charge in [0.25, 0.3) is 0 Å².